The number of thiazole rings is 1. The van der Waals surface area contributed by atoms with Crippen LogP contribution in [0.5, 0.6) is 0 Å². The minimum atomic E-state index is -0.288. The molecule has 0 aliphatic rings. The second-order valence-electron chi connectivity index (χ2n) is 4.35. The van der Waals surface area contributed by atoms with E-state index in [1.54, 1.807) is 29.7 Å². The molecule has 0 bridgehead atoms. The van der Waals surface area contributed by atoms with Gasteiger partial charge in [-0.2, -0.15) is 5.10 Å². The summed E-state index contributed by atoms with van der Waals surface area (Å²) < 4.78 is 1.76. The van der Waals surface area contributed by atoms with Crippen molar-refractivity contribution < 1.29 is 4.79 Å². The zero-order chi connectivity index (χ0) is 14.8. The van der Waals surface area contributed by atoms with E-state index >= 15 is 0 Å². The predicted molar refractivity (Wildman–Crippen MR) is 84.3 cm³/mol. The fourth-order valence-electron chi connectivity index (χ4n) is 1.93. The summed E-state index contributed by atoms with van der Waals surface area (Å²) in [6.45, 7) is 1.80. The highest BCUT2D eigenvalue weighted by molar-refractivity contribution is 7.15. The average molecular weight is 319 g/mol. The minimum absolute atomic E-state index is 0.288. The van der Waals surface area contributed by atoms with Crippen LogP contribution < -0.4 is 5.43 Å². The Morgan fingerprint density at radius 3 is 2.95 bits per heavy atom. The molecule has 21 heavy (non-hydrogen) atoms. The van der Waals surface area contributed by atoms with Crippen molar-refractivity contribution in [3.05, 3.63) is 57.8 Å². The van der Waals surface area contributed by atoms with Crippen LogP contribution in [-0.4, -0.2) is 21.5 Å². The first-order valence-corrected chi connectivity index (χ1v) is 7.42. The number of aromatic nitrogens is 2. The standard InChI is InChI=1S/C14H11ClN4OS/c1-9-12(19-6-7-21-14(19)17-9)13(20)18-16-8-10-2-4-11(15)5-3-10/h2-8H,1H3,(H,18,20)/b16-8-. The number of imidazole rings is 1. The van der Waals surface area contributed by atoms with Crippen LogP contribution in [0, 0.1) is 6.92 Å². The SMILES string of the molecule is Cc1nc2sccn2c1C(=O)N/N=C\c1ccc(Cl)cc1. The van der Waals surface area contributed by atoms with Gasteiger partial charge >= 0.3 is 0 Å². The third kappa shape index (κ3) is 2.81. The lowest BCUT2D eigenvalue weighted by atomic mass is 10.2. The number of hydrazone groups is 1. The number of halogens is 1. The lowest BCUT2D eigenvalue weighted by Crippen LogP contribution is -2.20. The van der Waals surface area contributed by atoms with Gasteiger partial charge in [-0.15, -0.1) is 11.3 Å². The Bertz CT molecular complexity index is 819. The number of fused-ring (bicyclic) bond motifs is 1. The van der Waals surface area contributed by atoms with Crippen molar-refractivity contribution in [3.8, 4) is 0 Å². The number of benzene rings is 1. The third-order valence-corrected chi connectivity index (χ3v) is 3.91. The molecule has 1 aromatic carbocycles. The van der Waals surface area contributed by atoms with Crippen LogP contribution >= 0.6 is 22.9 Å². The lowest BCUT2D eigenvalue weighted by Gasteiger charge is -1.99. The number of hydrogen-bond donors (Lipinski definition) is 1. The molecule has 3 aromatic rings. The van der Waals surface area contributed by atoms with Gasteiger partial charge in [0.05, 0.1) is 11.9 Å². The van der Waals surface area contributed by atoms with Crippen molar-refractivity contribution in [2.24, 2.45) is 5.10 Å². The highest BCUT2D eigenvalue weighted by atomic mass is 35.5. The first-order valence-electron chi connectivity index (χ1n) is 6.16. The summed E-state index contributed by atoms with van der Waals surface area (Å²) in [5.41, 5.74) is 4.55. The van der Waals surface area contributed by atoms with Gasteiger partial charge in [-0.25, -0.2) is 10.4 Å². The Kier molecular flexibility index (Phi) is 3.72. The Hall–Kier alpha value is -2.18. The van der Waals surface area contributed by atoms with E-state index in [0.717, 1.165) is 10.5 Å². The Labute approximate surface area is 129 Å². The third-order valence-electron chi connectivity index (χ3n) is 2.90. The molecule has 0 spiro atoms. The fourth-order valence-corrected chi connectivity index (χ4v) is 2.82. The van der Waals surface area contributed by atoms with Gasteiger partial charge in [-0.05, 0) is 24.6 Å². The zero-order valence-electron chi connectivity index (χ0n) is 11.1. The average Bonchev–Trinajstić information content (AvgIpc) is 3.00. The molecule has 2 heterocycles. The summed E-state index contributed by atoms with van der Waals surface area (Å²) in [5.74, 6) is -0.288. The van der Waals surface area contributed by atoms with Gasteiger partial charge in [0.25, 0.3) is 5.91 Å². The van der Waals surface area contributed by atoms with E-state index in [9.17, 15) is 4.79 Å². The molecule has 106 valence electrons. The van der Waals surface area contributed by atoms with Crippen LogP contribution in [0.2, 0.25) is 5.02 Å². The summed E-state index contributed by atoms with van der Waals surface area (Å²) in [5, 5.41) is 6.50. The maximum atomic E-state index is 12.2. The summed E-state index contributed by atoms with van der Waals surface area (Å²) in [7, 11) is 0. The summed E-state index contributed by atoms with van der Waals surface area (Å²) in [4.78, 5) is 17.3. The quantitative estimate of drug-likeness (QED) is 0.596. The normalized spacial score (nSPS) is 11.3. The van der Waals surface area contributed by atoms with Gasteiger partial charge < -0.3 is 0 Å². The van der Waals surface area contributed by atoms with Crippen LogP contribution in [0.4, 0.5) is 0 Å². The molecule has 1 N–H and O–H groups in total. The smallest absolute Gasteiger partial charge is 0.286 e. The van der Waals surface area contributed by atoms with E-state index in [-0.39, 0.29) is 5.91 Å². The van der Waals surface area contributed by atoms with Crippen LogP contribution in [0.3, 0.4) is 0 Å². The minimum Gasteiger partial charge on any atom is -0.286 e. The number of nitrogens with zero attached hydrogens (tertiary/aromatic N) is 3. The van der Waals surface area contributed by atoms with Crippen LogP contribution in [-0.2, 0) is 0 Å². The molecule has 2 aromatic heterocycles. The molecule has 0 aliphatic heterocycles. The molecule has 0 saturated carbocycles. The van der Waals surface area contributed by atoms with Crippen molar-refractivity contribution in [1.82, 2.24) is 14.8 Å². The Balaban J connectivity index is 1.76. The maximum Gasteiger partial charge on any atom is 0.290 e. The van der Waals surface area contributed by atoms with Gasteiger partial charge in [0, 0.05) is 16.6 Å². The number of amides is 1. The molecule has 1 amide bonds. The molecule has 0 atom stereocenters. The summed E-state index contributed by atoms with van der Waals surface area (Å²) in [6.07, 6.45) is 3.38. The van der Waals surface area contributed by atoms with Crippen molar-refractivity contribution in [2.45, 2.75) is 6.92 Å². The fraction of sp³-hybridized carbons (Fsp3) is 0.0714. The predicted octanol–water partition coefficient (Wildman–Crippen LogP) is 3.12. The van der Waals surface area contributed by atoms with Crippen LogP contribution in [0.25, 0.3) is 4.96 Å². The molecule has 7 heteroatoms. The number of nitrogens with one attached hydrogen (secondary N) is 1. The van der Waals surface area contributed by atoms with Gasteiger partial charge in [0.2, 0.25) is 0 Å². The first-order chi connectivity index (χ1) is 10.1. The van der Waals surface area contributed by atoms with E-state index in [2.05, 4.69) is 15.5 Å². The molecule has 0 aliphatic carbocycles. The second-order valence-corrected chi connectivity index (χ2v) is 5.66. The molecule has 5 nitrogen and oxygen atoms in total. The molecular weight excluding hydrogens is 308 g/mol. The van der Waals surface area contributed by atoms with Gasteiger partial charge in [-0.1, -0.05) is 23.7 Å². The van der Waals surface area contributed by atoms with Crippen molar-refractivity contribution in [2.75, 3.05) is 0 Å². The monoisotopic (exact) mass is 318 g/mol. The lowest BCUT2D eigenvalue weighted by molar-refractivity contribution is 0.0948. The largest absolute Gasteiger partial charge is 0.290 e. The van der Waals surface area contributed by atoms with Gasteiger partial charge in [-0.3, -0.25) is 9.20 Å². The zero-order valence-corrected chi connectivity index (χ0v) is 12.6. The van der Waals surface area contributed by atoms with Crippen LogP contribution in [0.1, 0.15) is 21.7 Å². The number of carbonyl (C=O) groups is 1. The number of rotatable bonds is 3. The van der Waals surface area contributed by atoms with Crippen molar-refractivity contribution in [3.63, 3.8) is 0 Å². The van der Waals surface area contributed by atoms with E-state index in [0.29, 0.717) is 16.4 Å². The number of hydrogen-bond acceptors (Lipinski definition) is 4. The molecule has 3 rings (SSSR count). The topological polar surface area (TPSA) is 58.8 Å². The molecule has 0 fully saturated rings. The Morgan fingerprint density at radius 1 is 1.43 bits per heavy atom. The van der Waals surface area contributed by atoms with E-state index in [1.807, 2.05) is 23.7 Å². The summed E-state index contributed by atoms with van der Waals surface area (Å²) in [6, 6.07) is 7.17. The van der Waals surface area contributed by atoms with Crippen molar-refractivity contribution >= 4 is 40.0 Å². The summed E-state index contributed by atoms with van der Waals surface area (Å²) >= 11 is 7.29. The van der Waals surface area contributed by atoms with E-state index in [4.69, 9.17) is 11.6 Å². The van der Waals surface area contributed by atoms with Crippen molar-refractivity contribution in [1.29, 1.82) is 0 Å². The van der Waals surface area contributed by atoms with E-state index in [1.165, 1.54) is 11.3 Å². The van der Waals surface area contributed by atoms with Crippen LogP contribution in [0.15, 0.2) is 40.9 Å². The maximum absolute atomic E-state index is 12.2. The molecule has 0 unspecified atom stereocenters. The highest BCUT2D eigenvalue weighted by Gasteiger charge is 2.16. The Morgan fingerprint density at radius 2 is 2.19 bits per heavy atom. The molecular formula is C14H11ClN4OS. The van der Waals surface area contributed by atoms with Gasteiger partial charge in [0.15, 0.2) is 4.96 Å². The number of aryl methyl sites for hydroxylation is 1. The first kappa shape index (κ1) is 13.8. The molecule has 0 saturated heterocycles. The van der Waals surface area contributed by atoms with E-state index < -0.39 is 0 Å². The number of carbonyl (C=O) groups excluding carboxylic acids is 1. The highest BCUT2D eigenvalue weighted by Crippen LogP contribution is 2.16. The van der Waals surface area contributed by atoms with Gasteiger partial charge in [0.1, 0.15) is 5.69 Å². The molecule has 0 radical (unpaired) electrons. The second kappa shape index (κ2) is 5.67.